The maximum absolute atomic E-state index is 13.8. The average Bonchev–Trinajstić information content (AvgIpc) is 3.23. The van der Waals surface area contributed by atoms with Crippen LogP contribution in [-0.4, -0.2) is 187 Å². The monoisotopic (exact) mass is 916 g/mol. The summed E-state index contributed by atoms with van der Waals surface area (Å²) in [7, 11) is 6.43. The number of esters is 1. The highest BCUT2D eigenvalue weighted by Gasteiger charge is 2.52. The Balaban J connectivity index is 1.62. The molecule has 368 valence electrons. The van der Waals surface area contributed by atoms with Crippen LogP contribution < -0.4 is 0 Å². The molecule has 0 aromatic carbocycles. The van der Waals surface area contributed by atoms with E-state index in [4.69, 9.17) is 42.6 Å². The highest BCUT2D eigenvalue weighted by atomic mass is 16.7. The number of carbonyl (C=O) groups excluding carboxylic acids is 3. The van der Waals surface area contributed by atoms with E-state index >= 15 is 0 Å². The van der Waals surface area contributed by atoms with Crippen molar-refractivity contribution in [2.75, 3.05) is 34.9 Å². The number of aliphatic hydroxyl groups excluding tert-OH is 4. The molecule has 4 aliphatic heterocycles. The van der Waals surface area contributed by atoms with Crippen LogP contribution in [0.3, 0.4) is 0 Å². The van der Waals surface area contributed by atoms with Crippen molar-refractivity contribution in [3.05, 3.63) is 23.8 Å². The number of methoxy groups -OCH3 is 2. The summed E-state index contributed by atoms with van der Waals surface area (Å²) < 4.78 is 54.7. The van der Waals surface area contributed by atoms with Crippen LogP contribution in [0.25, 0.3) is 0 Å². The zero-order valence-corrected chi connectivity index (χ0v) is 39.7. The first-order valence-corrected chi connectivity index (χ1v) is 22.7. The first-order chi connectivity index (χ1) is 30.1. The lowest BCUT2D eigenvalue weighted by molar-refractivity contribution is -0.341. The Kier molecular flexibility index (Phi) is 20.5. The molecule has 0 amide bonds. The Labute approximate surface area is 378 Å². The van der Waals surface area contributed by atoms with E-state index in [0.29, 0.717) is 12.0 Å². The van der Waals surface area contributed by atoms with Gasteiger partial charge in [0.2, 0.25) is 0 Å². The van der Waals surface area contributed by atoms with Crippen LogP contribution in [0, 0.1) is 23.7 Å². The molecule has 0 spiro atoms. The quantitative estimate of drug-likeness (QED) is 0.131. The van der Waals surface area contributed by atoms with Gasteiger partial charge in [-0.3, -0.25) is 9.59 Å². The van der Waals surface area contributed by atoms with Gasteiger partial charge in [0.05, 0.1) is 55.2 Å². The van der Waals surface area contributed by atoms with E-state index in [1.807, 2.05) is 19.9 Å². The van der Waals surface area contributed by atoms with Crippen molar-refractivity contribution in [3.8, 4) is 0 Å². The maximum Gasteiger partial charge on any atom is 0.308 e. The van der Waals surface area contributed by atoms with Gasteiger partial charge in [-0.25, -0.2) is 0 Å². The molecule has 4 heterocycles. The molecule has 5 N–H and O–H groups in total. The van der Waals surface area contributed by atoms with Crippen LogP contribution >= 0.6 is 0 Å². The summed E-state index contributed by atoms with van der Waals surface area (Å²) in [5, 5.41) is 55.8. The molecule has 18 nitrogen and oxygen atoms in total. The molecule has 4 rings (SSSR count). The third-order valence-corrected chi connectivity index (χ3v) is 13.4. The summed E-state index contributed by atoms with van der Waals surface area (Å²) >= 11 is 0. The Morgan fingerprint density at radius 3 is 2.11 bits per heavy atom. The minimum atomic E-state index is -1.49. The second kappa shape index (κ2) is 24.1. The summed E-state index contributed by atoms with van der Waals surface area (Å²) in [6.07, 6.45) is -8.49. The van der Waals surface area contributed by atoms with E-state index in [9.17, 15) is 39.9 Å². The molecule has 0 aromatic heterocycles. The van der Waals surface area contributed by atoms with Crippen LogP contribution in [0.2, 0.25) is 0 Å². The normalized spacial score (nSPS) is 45.9. The molecule has 3 fully saturated rings. The zero-order valence-electron chi connectivity index (χ0n) is 39.7. The number of rotatable bonds is 13. The zero-order chi connectivity index (χ0) is 47.8. The minimum Gasteiger partial charge on any atom is -0.462 e. The number of cyclic esters (lactones) is 1. The fourth-order valence-electron chi connectivity index (χ4n) is 9.51. The van der Waals surface area contributed by atoms with Crippen LogP contribution in [0.5, 0.6) is 0 Å². The highest BCUT2D eigenvalue weighted by molar-refractivity contribution is 5.91. The van der Waals surface area contributed by atoms with Gasteiger partial charge in [0.15, 0.2) is 24.7 Å². The molecule has 0 saturated carbocycles. The number of likely N-dealkylation sites (N-methyl/N-ethyl adjacent to an activating group) is 1. The maximum atomic E-state index is 13.8. The SMILES string of the molecule is CC[C@H]1OC(=O)C[C@@H](O)[C@H](C)[C@@H](OC2O[C@@H](C)[C@@H](OC3C[C@@](C)(O)C(O)[C@H](C)O3)[C@H](N(C)C)[C@@H]2O)[C@@H](CC=O)C[C@@H](C)C(=O)/C=C/C(C)=C/[C@@H]1COC1O[C@H](C)[C@@H](O)[C@@H](OC)[C@H]1OC. The second-order valence-corrected chi connectivity index (χ2v) is 18.7. The number of nitrogens with zero attached hydrogens (tertiary/aromatic N) is 1. The van der Waals surface area contributed by atoms with Crippen molar-refractivity contribution in [1.82, 2.24) is 4.90 Å². The van der Waals surface area contributed by atoms with Gasteiger partial charge in [-0.05, 0) is 73.5 Å². The van der Waals surface area contributed by atoms with Crippen LogP contribution in [0.15, 0.2) is 23.8 Å². The van der Waals surface area contributed by atoms with Crippen molar-refractivity contribution >= 4 is 18.0 Å². The first-order valence-electron chi connectivity index (χ1n) is 22.7. The van der Waals surface area contributed by atoms with Crippen LogP contribution in [-0.2, 0) is 57.0 Å². The molecular weight excluding hydrogens is 838 g/mol. The highest BCUT2D eigenvalue weighted by Crippen LogP contribution is 2.37. The lowest BCUT2D eigenvalue weighted by atomic mass is 9.79. The predicted molar refractivity (Wildman–Crippen MR) is 230 cm³/mol. The summed E-state index contributed by atoms with van der Waals surface area (Å²) in [6.45, 7) is 13.6. The number of hydrogen-bond acceptors (Lipinski definition) is 18. The number of ether oxygens (including phenoxy) is 9. The lowest BCUT2D eigenvalue weighted by Crippen LogP contribution is -2.65. The summed E-state index contributed by atoms with van der Waals surface area (Å²) in [5.74, 6) is -3.59. The third-order valence-electron chi connectivity index (χ3n) is 13.4. The standard InChI is InChI=1S/C46H77NO17/c1-13-33-30(22-58-45-42(57-12)41(56-11)37(52)26(5)60-45)18-23(2)14-15-31(49)24(3)19-29(16-17-48)39(25(4)32(50)20-34(51)62-33)64-44-38(53)36(47(9)10)40(27(6)61-44)63-35-21-46(8,55)43(54)28(7)59-35/h14-15,17-18,24-30,32-33,35-45,50,52-55H,13,16,19-22H2,1-12H3/b15-14+,23-18+/t24-,25+,26-,27+,28+,29+,30-,32-,33-,35?,36-,37-,38+,39-,40-,41-,42-,43?,44?,45?,46-/m1/s1. The molecule has 0 bridgehead atoms. The number of hydrogen-bond donors (Lipinski definition) is 5. The van der Waals surface area contributed by atoms with Crippen LogP contribution in [0.4, 0.5) is 0 Å². The number of ketones is 1. The first kappa shape index (κ1) is 54.3. The van der Waals surface area contributed by atoms with Crippen molar-refractivity contribution < 1.29 is 82.5 Å². The van der Waals surface area contributed by atoms with Gasteiger partial charge in [0.1, 0.15) is 49.0 Å². The van der Waals surface area contributed by atoms with Gasteiger partial charge in [-0.15, -0.1) is 0 Å². The van der Waals surface area contributed by atoms with Gasteiger partial charge in [0.25, 0.3) is 0 Å². The Morgan fingerprint density at radius 2 is 1.52 bits per heavy atom. The Bertz CT molecular complexity index is 1560. The van der Waals surface area contributed by atoms with Gasteiger partial charge in [0, 0.05) is 44.8 Å². The number of aliphatic hydroxyl groups is 5. The van der Waals surface area contributed by atoms with Crippen molar-refractivity contribution in [2.24, 2.45) is 23.7 Å². The third kappa shape index (κ3) is 13.5. The molecule has 21 atom stereocenters. The van der Waals surface area contributed by atoms with Crippen molar-refractivity contribution in [3.63, 3.8) is 0 Å². The van der Waals surface area contributed by atoms with Crippen LogP contribution in [0.1, 0.15) is 87.5 Å². The van der Waals surface area contributed by atoms with E-state index in [2.05, 4.69) is 0 Å². The molecule has 3 saturated heterocycles. The van der Waals surface area contributed by atoms with E-state index in [1.54, 1.807) is 59.7 Å². The number of allylic oxidation sites excluding steroid dienone is 3. The van der Waals surface area contributed by atoms with Crippen molar-refractivity contribution in [1.29, 1.82) is 0 Å². The van der Waals surface area contributed by atoms with E-state index < -0.39 is 140 Å². The van der Waals surface area contributed by atoms with Gasteiger partial charge < -0.3 is 77.9 Å². The summed E-state index contributed by atoms with van der Waals surface area (Å²) in [6, 6.07) is -0.748. The van der Waals surface area contributed by atoms with E-state index in [-0.39, 0.29) is 31.7 Å². The fraction of sp³-hybridized carbons (Fsp3) is 0.848. The lowest BCUT2D eigenvalue weighted by Gasteiger charge is -2.50. The largest absolute Gasteiger partial charge is 0.462 e. The minimum absolute atomic E-state index is 0.00788. The van der Waals surface area contributed by atoms with E-state index in [1.165, 1.54) is 27.2 Å². The molecule has 0 radical (unpaired) electrons. The molecule has 4 aliphatic rings. The number of carbonyl (C=O) groups is 3. The summed E-state index contributed by atoms with van der Waals surface area (Å²) in [5.41, 5.74) is -0.806. The van der Waals surface area contributed by atoms with Gasteiger partial charge in [-0.1, -0.05) is 38.5 Å². The second-order valence-electron chi connectivity index (χ2n) is 18.7. The Hall–Kier alpha value is -2.27. The van der Waals surface area contributed by atoms with Gasteiger partial charge in [-0.2, -0.15) is 0 Å². The van der Waals surface area contributed by atoms with Crippen molar-refractivity contribution in [2.45, 2.75) is 191 Å². The molecular formula is C46H77NO17. The molecule has 0 aromatic rings. The topological polar surface area (TPSA) is 239 Å². The molecule has 64 heavy (non-hydrogen) atoms. The fourth-order valence-corrected chi connectivity index (χ4v) is 9.51. The average molecular weight is 916 g/mol. The smallest absolute Gasteiger partial charge is 0.308 e. The Morgan fingerprint density at radius 1 is 0.859 bits per heavy atom. The molecule has 0 aliphatic carbocycles. The van der Waals surface area contributed by atoms with E-state index in [0.717, 1.165) is 6.29 Å². The van der Waals surface area contributed by atoms with Gasteiger partial charge >= 0.3 is 5.97 Å². The summed E-state index contributed by atoms with van der Waals surface area (Å²) in [4.78, 5) is 41.5. The molecule has 18 heteroatoms. The number of aldehydes is 1. The predicted octanol–water partition coefficient (Wildman–Crippen LogP) is 1.83. The molecule has 4 unspecified atom stereocenters.